The molecule has 1 N–H and O–H groups in total. The summed E-state index contributed by atoms with van der Waals surface area (Å²) < 4.78 is 0. The molecule has 3 aliphatic rings. The van der Waals surface area contributed by atoms with Crippen molar-refractivity contribution < 1.29 is 4.79 Å². The van der Waals surface area contributed by atoms with Gasteiger partial charge in [-0.05, 0) is 45.3 Å². The zero-order valence-electron chi connectivity index (χ0n) is 12.4. The van der Waals surface area contributed by atoms with E-state index in [-0.39, 0.29) is 0 Å². The van der Waals surface area contributed by atoms with Crippen molar-refractivity contribution in [3.05, 3.63) is 0 Å². The van der Waals surface area contributed by atoms with Gasteiger partial charge in [-0.25, -0.2) is 0 Å². The smallest absolute Gasteiger partial charge is 0.232 e. The molecule has 0 aromatic rings. The summed E-state index contributed by atoms with van der Waals surface area (Å²) in [6, 6.07) is 0.644. The Morgan fingerprint density at radius 3 is 2.80 bits per heavy atom. The van der Waals surface area contributed by atoms with E-state index in [0.717, 1.165) is 32.7 Å². The maximum atomic E-state index is 12.4. The quantitative estimate of drug-likeness (QED) is 0.848. The van der Waals surface area contributed by atoms with Gasteiger partial charge < -0.3 is 10.2 Å². The minimum Gasteiger partial charge on any atom is -0.339 e. The van der Waals surface area contributed by atoms with E-state index in [1.165, 1.54) is 38.6 Å². The molecule has 3 saturated heterocycles. The van der Waals surface area contributed by atoms with E-state index in [2.05, 4.69) is 15.1 Å². The van der Waals surface area contributed by atoms with Crippen molar-refractivity contribution in [1.82, 2.24) is 15.1 Å². The molecule has 0 aromatic carbocycles. The first kappa shape index (κ1) is 14.7. The zero-order valence-corrected chi connectivity index (χ0v) is 13.2. The Kier molecular flexibility index (Phi) is 5.24. The average molecular weight is 297 g/mol. The maximum absolute atomic E-state index is 12.4. The Hall–Kier alpha value is -0.260. The van der Waals surface area contributed by atoms with Gasteiger partial charge in [-0.3, -0.25) is 9.69 Å². The van der Waals surface area contributed by atoms with Gasteiger partial charge in [0.05, 0.1) is 5.75 Å². The summed E-state index contributed by atoms with van der Waals surface area (Å²) in [6.07, 6.45) is 6.40. The van der Waals surface area contributed by atoms with Crippen LogP contribution in [0.1, 0.15) is 32.1 Å². The third-order valence-electron chi connectivity index (χ3n) is 4.92. The van der Waals surface area contributed by atoms with Crippen LogP contribution in [-0.2, 0) is 4.79 Å². The number of fused-ring (bicyclic) bond motifs is 1. The summed E-state index contributed by atoms with van der Waals surface area (Å²) in [5, 5.41) is 4.07. The van der Waals surface area contributed by atoms with Gasteiger partial charge in [-0.15, -0.1) is 11.8 Å². The Morgan fingerprint density at radius 1 is 1.10 bits per heavy atom. The van der Waals surface area contributed by atoms with Crippen LogP contribution < -0.4 is 5.32 Å². The summed E-state index contributed by atoms with van der Waals surface area (Å²) in [7, 11) is 0. The molecule has 20 heavy (non-hydrogen) atoms. The minimum absolute atomic E-state index is 0.374. The van der Waals surface area contributed by atoms with Gasteiger partial charge in [0.25, 0.3) is 0 Å². The highest BCUT2D eigenvalue weighted by atomic mass is 32.2. The summed E-state index contributed by atoms with van der Waals surface area (Å²) in [6.45, 7) is 6.50. The number of rotatable bonds is 3. The van der Waals surface area contributed by atoms with Gasteiger partial charge in [-0.1, -0.05) is 6.42 Å². The molecule has 3 fully saturated rings. The largest absolute Gasteiger partial charge is 0.339 e. The summed E-state index contributed by atoms with van der Waals surface area (Å²) in [5.41, 5.74) is 0. The monoisotopic (exact) mass is 297 g/mol. The molecule has 1 amide bonds. The molecule has 0 aromatic heterocycles. The van der Waals surface area contributed by atoms with E-state index in [4.69, 9.17) is 0 Å². The molecule has 0 spiro atoms. The molecular weight excluding hydrogens is 270 g/mol. The summed E-state index contributed by atoms with van der Waals surface area (Å²) in [5.74, 6) is 1.07. The van der Waals surface area contributed by atoms with Crippen molar-refractivity contribution in [2.45, 2.75) is 43.4 Å². The Morgan fingerprint density at radius 2 is 1.95 bits per heavy atom. The standard InChI is InChI=1S/C15H27N3OS/c19-15(12-20-14-4-6-16-7-5-14)18-10-9-17-8-2-1-3-13(17)11-18/h13-14,16H,1-12H2. The lowest BCUT2D eigenvalue weighted by molar-refractivity contribution is -0.131. The van der Waals surface area contributed by atoms with Crippen LogP contribution in [0, 0.1) is 0 Å². The second kappa shape index (κ2) is 7.14. The zero-order chi connectivity index (χ0) is 13.8. The highest BCUT2D eigenvalue weighted by Gasteiger charge is 2.31. The Bertz CT molecular complexity index is 333. The normalized spacial score (nSPS) is 29.2. The molecule has 0 radical (unpaired) electrons. The van der Waals surface area contributed by atoms with Crippen LogP contribution >= 0.6 is 11.8 Å². The number of amides is 1. The molecule has 3 heterocycles. The number of piperidine rings is 2. The molecule has 3 aliphatic heterocycles. The van der Waals surface area contributed by atoms with Crippen LogP contribution in [0.3, 0.4) is 0 Å². The molecule has 5 heteroatoms. The van der Waals surface area contributed by atoms with Crippen LogP contribution in [0.2, 0.25) is 0 Å². The van der Waals surface area contributed by atoms with Gasteiger partial charge in [-0.2, -0.15) is 0 Å². The Balaban J connectivity index is 1.42. The van der Waals surface area contributed by atoms with E-state index in [1.54, 1.807) is 0 Å². The number of piperazine rings is 1. The van der Waals surface area contributed by atoms with Gasteiger partial charge in [0.2, 0.25) is 5.91 Å². The average Bonchev–Trinajstić information content (AvgIpc) is 2.53. The third-order valence-corrected chi connectivity index (χ3v) is 6.28. The van der Waals surface area contributed by atoms with E-state index in [9.17, 15) is 4.79 Å². The highest BCUT2D eigenvalue weighted by Crippen LogP contribution is 2.23. The topological polar surface area (TPSA) is 35.6 Å². The second-order valence-corrected chi connectivity index (χ2v) is 7.57. The Labute approximate surface area is 126 Å². The van der Waals surface area contributed by atoms with Crippen LogP contribution in [-0.4, -0.2) is 72.0 Å². The van der Waals surface area contributed by atoms with Crippen molar-refractivity contribution >= 4 is 17.7 Å². The van der Waals surface area contributed by atoms with E-state index in [1.807, 2.05) is 11.8 Å². The number of hydrogen-bond donors (Lipinski definition) is 1. The fourth-order valence-electron chi connectivity index (χ4n) is 3.63. The number of carbonyl (C=O) groups is 1. The number of carbonyl (C=O) groups excluding carboxylic acids is 1. The van der Waals surface area contributed by atoms with Gasteiger partial charge in [0, 0.05) is 30.9 Å². The number of hydrogen-bond acceptors (Lipinski definition) is 4. The SMILES string of the molecule is O=C(CSC1CCNCC1)N1CCN2CCCCC2C1. The maximum Gasteiger partial charge on any atom is 0.232 e. The van der Waals surface area contributed by atoms with E-state index >= 15 is 0 Å². The lowest BCUT2D eigenvalue weighted by Gasteiger charge is -2.44. The molecule has 3 rings (SSSR count). The molecule has 0 bridgehead atoms. The lowest BCUT2D eigenvalue weighted by Crippen LogP contribution is -2.56. The number of thioether (sulfide) groups is 1. The first-order valence-corrected chi connectivity index (χ1v) is 9.22. The molecule has 0 saturated carbocycles. The van der Waals surface area contributed by atoms with Crippen LogP contribution in [0.4, 0.5) is 0 Å². The predicted molar refractivity (Wildman–Crippen MR) is 84.1 cm³/mol. The van der Waals surface area contributed by atoms with E-state index < -0.39 is 0 Å². The first-order chi connectivity index (χ1) is 9.83. The van der Waals surface area contributed by atoms with Crippen LogP contribution in [0.5, 0.6) is 0 Å². The summed E-state index contributed by atoms with van der Waals surface area (Å²) in [4.78, 5) is 17.1. The second-order valence-electron chi connectivity index (χ2n) is 6.29. The van der Waals surface area contributed by atoms with Gasteiger partial charge >= 0.3 is 0 Å². The lowest BCUT2D eigenvalue weighted by atomic mass is 9.99. The van der Waals surface area contributed by atoms with Crippen molar-refractivity contribution in [1.29, 1.82) is 0 Å². The fourth-order valence-corrected chi connectivity index (χ4v) is 4.75. The highest BCUT2D eigenvalue weighted by molar-refractivity contribution is 8.00. The van der Waals surface area contributed by atoms with Gasteiger partial charge in [0.1, 0.15) is 0 Å². The predicted octanol–water partition coefficient (Wildman–Crippen LogP) is 1.17. The molecule has 4 nitrogen and oxygen atoms in total. The van der Waals surface area contributed by atoms with Crippen molar-refractivity contribution in [2.75, 3.05) is 45.0 Å². The number of nitrogens with zero attached hydrogens (tertiary/aromatic N) is 2. The first-order valence-electron chi connectivity index (χ1n) is 8.17. The van der Waals surface area contributed by atoms with Crippen LogP contribution in [0.15, 0.2) is 0 Å². The van der Waals surface area contributed by atoms with Crippen molar-refractivity contribution in [2.24, 2.45) is 0 Å². The molecular formula is C15H27N3OS. The van der Waals surface area contributed by atoms with Crippen molar-refractivity contribution in [3.8, 4) is 0 Å². The van der Waals surface area contributed by atoms with Crippen LogP contribution in [0.25, 0.3) is 0 Å². The minimum atomic E-state index is 0.374. The van der Waals surface area contributed by atoms with Gasteiger partial charge in [0.15, 0.2) is 0 Å². The fraction of sp³-hybridized carbons (Fsp3) is 0.933. The molecule has 1 unspecified atom stereocenters. The molecule has 1 atom stereocenters. The molecule has 114 valence electrons. The summed E-state index contributed by atoms with van der Waals surface area (Å²) >= 11 is 1.88. The van der Waals surface area contributed by atoms with E-state index in [0.29, 0.717) is 23.0 Å². The third kappa shape index (κ3) is 3.68. The van der Waals surface area contributed by atoms with Crippen molar-refractivity contribution in [3.63, 3.8) is 0 Å². The number of nitrogens with one attached hydrogen (secondary N) is 1. The molecule has 0 aliphatic carbocycles.